The van der Waals surface area contributed by atoms with Gasteiger partial charge in [-0.2, -0.15) is 5.10 Å². The molecule has 2 fully saturated rings. The zero-order chi connectivity index (χ0) is 13.0. The molecule has 6 nitrogen and oxygen atoms in total. The Bertz CT molecular complexity index is 312. The van der Waals surface area contributed by atoms with Crippen molar-refractivity contribution in [3.05, 3.63) is 0 Å². The summed E-state index contributed by atoms with van der Waals surface area (Å²) in [4.78, 5) is 15.7. The Morgan fingerprint density at radius 1 is 1.28 bits per heavy atom. The number of hydrazone groups is 1. The Kier molecular flexibility index (Phi) is 4.41. The predicted molar refractivity (Wildman–Crippen MR) is 70.8 cm³/mol. The maximum Gasteiger partial charge on any atom is 0.234 e. The molecule has 0 aromatic rings. The number of carbonyl (C=O) groups is 1. The van der Waals surface area contributed by atoms with Crippen molar-refractivity contribution < 1.29 is 4.79 Å². The Balaban J connectivity index is 1.79. The smallest absolute Gasteiger partial charge is 0.234 e. The van der Waals surface area contributed by atoms with Crippen molar-refractivity contribution in [3.63, 3.8) is 0 Å². The van der Waals surface area contributed by atoms with E-state index in [-0.39, 0.29) is 11.9 Å². The molecule has 2 rings (SSSR count). The van der Waals surface area contributed by atoms with Gasteiger partial charge < -0.3 is 16.5 Å². The van der Waals surface area contributed by atoms with Gasteiger partial charge in [-0.1, -0.05) is 0 Å². The van der Waals surface area contributed by atoms with E-state index < -0.39 is 0 Å². The summed E-state index contributed by atoms with van der Waals surface area (Å²) in [5.74, 6) is 5.64. The minimum atomic E-state index is -0.166. The van der Waals surface area contributed by atoms with Gasteiger partial charge in [0.15, 0.2) is 0 Å². The number of likely N-dealkylation sites (tertiary alicyclic amines) is 2. The number of nitrogens with zero attached hydrogens (tertiary/aromatic N) is 3. The first kappa shape index (κ1) is 13.1. The van der Waals surface area contributed by atoms with Gasteiger partial charge in [-0.15, -0.1) is 0 Å². The lowest BCUT2D eigenvalue weighted by Crippen LogP contribution is -2.44. The summed E-state index contributed by atoms with van der Waals surface area (Å²) in [5.41, 5.74) is 5.43. The van der Waals surface area contributed by atoms with Crippen LogP contribution >= 0.6 is 0 Å². The summed E-state index contributed by atoms with van der Waals surface area (Å²) in [6, 6.07) is -0.0337. The van der Waals surface area contributed by atoms with Gasteiger partial charge in [0.2, 0.25) is 5.91 Å². The number of piperidine rings is 1. The third-order valence-electron chi connectivity index (χ3n) is 4.06. The molecular formula is C12H23N5O. The number of nitrogens with two attached hydrogens (primary N) is 2. The van der Waals surface area contributed by atoms with Gasteiger partial charge in [-0.3, -0.25) is 9.69 Å². The normalized spacial score (nSPS) is 27.1. The van der Waals surface area contributed by atoms with Crippen LogP contribution in [-0.4, -0.2) is 54.3 Å². The number of rotatable bonds is 4. The van der Waals surface area contributed by atoms with Crippen LogP contribution in [0, 0.1) is 5.92 Å². The van der Waals surface area contributed by atoms with Crippen molar-refractivity contribution in [1.82, 2.24) is 9.80 Å². The van der Waals surface area contributed by atoms with Crippen molar-refractivity contribution in [2.24, 2.45) is 22.6 Å². The van der Waals surface area contributed by atoms with Crippen LogP contribution in [-0.2, 0) is 4.79 Å². The molecule has 0 radical (unpaired) electrons. The quantitative estimate of drug-likeness (QED) is 0.307. The third kappa shape index (κ3) is 3.13. The number of hydrogen-bond acceptors (Lipinski definition) is 4. The predicted octanol–water partition coefficient (Wildman–Crippen LogP) is -0.450. The molecule has 2 aliphatic heterocycles. The van der Waals surface area contributed by atoms with E-state index in [0.29, 0.717) is 5.92 Å². The molecule has 6 heteroatoms. The van der Waals surface area contributed by atoms with E-state index in [2.05, 4.69) is 14.9 Å². The highest BCUT2D eigenvalue weighted by atomic mass is 16.1. The fourth-order valence-electron chi connectivity index (χ4n) is 3.04. The standard InChI is InChI=1S/C12H23N5O/c13-12(18)11-2-1-5-17(11)8-10-3-6-16(7-4-10)9-15-14/h9-11H,1-8,14H2,(H2,13,18)/t11-/m0/s1. The lowest BCUT2D eigenvalue weighted by molar-refractivity contribution is -0.122. The van der Waals surface area contributed by atoms with Crippen molar-refractivity contribution in [2.45, 2.75) is 31.7 Å². The first-order valence-electron chi connectivity index (χ1n) is 6.71. The summed E-state index contributed by atoms with van der Waals surface area (Å²) >= 11 is 0. The van der Waals surface area contributed by atoms with E-state index in [4.69, 9.17) is 11.6 Å². The van der Waals surface area contributed by atoms with E-state index >= 15 is 0 Å². The fraction of sp³-hybridized carbons (Fsp3) is 0.833. The highest BCUT2D eigenvalue weighted by Gasteiger charge is 2.31. The molecule has 0 aliphatic carbocycles. The molecule has 1 atom stereocenters. The molecule has 0 aromatic heterocycles. The van der Waals surface area contributed by atoms with Crippen LogP contribution in [0.3, 0.4) is 0 Å². The second-order valence-electron chi connectivity index (χ2n) is 5.30. The highest BCUT2D eigenvalue weighted by molar-refractivity contribution is 5.80. The molecule has 0 aromatic carbocycles. The zero-order valence-corrected chi connectivity index (χ0v) is 10.8. The Morgan fingerprint density at radius 3 is 2.61 bits per heavy atom. The summed E-state index contributed by atoms with van der Waals surface area (Å²) in [5, 5.41) is 3.55. The van der Waals surface area contributed by atoms with E-state index in [1.165, 1.54) is 0 Å². The summed E-state index contributed by atoms with van der Waals surface area (Å²) < 4.78 is 0. The van der Waals surface area contributed by atoms with Crippen LogP contribution in [0.1, 0.15) is 25.7 Å². The third-order valence-corrected chi connectivity index (χ3v) is 4.06. The zero-order valence-electron chi connectivity index (χ0n) is 10.8. The largest absolute Gasteiger partial charge is 0.368 e. The van der Waals surface area contributed by atoms with Gasteiger partial charge in [-0.25, -0.2) is 0 Å². The van der Waals surface area contributed by atoms with E-state index in [0.717, 1.165) is 51.9 Å². The average molecular weight is 253 g/mol. The molecule has 0 saturated carbocycles. The van der Waals surface area contributed by atoms with Gasteiger partial charge in [0.05, 0.1) is 6.04 Å². The van der Waals surface area contributed by atoms with E-state index in [1.807, 2.05) is 0 Å². The van der Waals surface area contributed by atoms with Gasteiger partial charge in [0.1, 0.15) is 6.34 Å². The molecule has 4 N–H and O–H groups in total. The monoisotopic (exact) mass is 253 g/mol. The first-order chi connectivity index (χ1) is 8.70. The van der Waals surface area contributed by atoms with Crippen molar-refractivity contribution in [1.29, 1.82) is 0 Å². The molecule has 102 valence electrons. The van der Waals surface area contributed by atoms with Gasteiger partial charge in [0.25, 0.3) is 0 Å². The molecule has 0 spiro atoms. The minimum absolute atomic E-state index is 0.0337. The van der Waals surface area contributed by atoms with Gasteiger partial charge in [0, 0.05) is 19.6 Å². The van der Waals surface area contributed by atoms with Crippen LogP contribution in [0.5, 0.6) is 0 Å². The Hall–Kier alpha value is -1.30. The topological polar surface area (TPSA) is 87.9 Å². The van der Waals surface area contributed by atoms with Crippen LogP contribution in [0.4, 0.5) is 0 Å². The maximum atomic E-state index is 11.3. The number of carbonyl (C=O) groups excluding carboxylic acids is 1. The summed E-state index contributed by atoms with van der Waals surface area (Å²) in [7, 11) is 0. The van der Waals surface area contributed by atoms with Crippen LogP contribution in [0.2, 0.25) is 0 Å². The Morgan fingerprint density at radius 2 is 2.00 bits per heavy atom. The molecule has 2 heterocycles. The molecule has 1 amide bonds. The number of amides is 1. The van der Waals surface area contributed by atoms with Crippen molar-refractivity contribution >= 4 is 12.2 Å². The lowest BCUT2D eigenvalue weighted by atomic mass is 9.96. The molecule has 2 saturated heterocycles. The van der Waals surface area contributed by atoms with Crippen molar-refractivity contribution in [2.75, 3.05) is 26.2 Å². The first-order valence-corrected chi connectivity index (χ1v) is 6.71. The van der Waals surface area contributed by atoms with E-state index in [9.17, 15) is 4.79 Å². The molecule has 0 unspecified atom stereocenters. The van der Waals surface area contributed by atoms with Crippen LogP contribution < -0.4 is 11.6 Å². The molecule has 2 aliphatic rings. The summed E-state index contributed by atoms with van der Waals surface area (Å²) in [6.45, 7) is 4.01. The second-order valence-corrected chi connectivity index (χ2v) is 5.30. The summed E-state index contributed by atoms with van der Waals surface area (Å²) in [6.07, 6.45) is 5.99. The molecule has 0 bridgehead atoms. The van der Waals surface area contributed by atoms with Crippen LogP contribution in [0.25, 0.3) is 0 Å². The van der Waals surface area contributed by atoms with Crippen LogP contribution in [0.15, 0.2) is 5.10 Å². The SMILES string of the molecule is NN=CN1CCC(CN2CCC[C@H]2C(N)=O)CC1. The second kappa shape index (κ2) is 6.04. The Labute approximate surface area is 108 Å². The van der Waals surface area contributed by atoms with E-state index in [1.54, 1.807) is 6.34 Å². The number of primary amides is 1. The average Bonchev–Trinajstić information content (AvgIpc) is 2.80. The number of hydrogen-bond donors (Lipinski definition) is 2. The minimum Gasteiger partial charge on any atom is -0.368 e. The molecular weight excluding hydrogens is 230 g/mol. The lowest BCUT2D eigenvalue weighted by Gasteiger charge is -2.33. The highest BCUT2D eigenvalue weighted by Crippen LogP contribution is 2.23. The molecule has 18 heavy (non-hydrogen) atoms. The maximum absolute atomic E-state index is 11.3. The van der Waals surface area contributed by atoms with Gasteiger partial charge >= 0.3 is 0 Å². The van der Waals surface area contributed by atoms with Gasteiger partial charge in [-0.05, 0) is 38.1 Å². The fourth-order valence-corrected chi connectivity index (χ4v) is 3.04. The van der Waals surface area contributed by atoms with Crippen molar-refractivity contribution in [3.8, 4) is 0 Å².